The van der Waals surface area contributed by atoms with Gasteiger partial charge in [0.25, 0.3) is 5.91 Å². The molecule has 2 aliphatic rings. The van der Waals surface area contributed by atoms with E-state index in [0.29, 0.717) is 12.1 Å². The van der Waals surface area contributed by atoms with Crippen LogP contribution in [0.25, 0.3) is 11.0 Å². The zero-order chi connectivity index (χ0) is 24.0. The summed E-state index contributed by atoms with van der Waals surface area (Å²) in [5, 5.41) is 5.19. The number of ether oxygens (including phenoxy) is 1. The predicted octanol–water partition coefficient (Wildman–Crippen LogP) is 4.42. The van der Waals surface area contributed by atoms with Crippen molar-refractivity contribution in [2.24, 2.45) is 7.05 Å². The van der Waals surface area contributed by atoms with Crippen LogP contribution in [0.5, 0.6) is 0 Å². The lowest BCUT2D eigenvalue weighted by Crippen LogP contribution is -2.50. The lowest BCUT2D eigenvalue weighted by atomic mass is 9.90. The number of fused-ring (bicyclic) bond motifs is 2. The minimum atomic E-state index is -0.314. The first kappa shape index (κ1) is 23.1. The monoisotopic (exact) mass is 468 g/mol. The number of aryl methyl sites for hydroxylation is 2. The third kappa shape index (κ3) is 3.82. The number of aromatic nitrogens is 2. The summed E-state index contributed by atoms with van der Waals surface area (Å²) in [6, 6.07) is 4.70. The third-order valence-electron chi connectivity index (χ3n) is 7.54. The number of amides is 1. The molecule has 1 saturated heterocycles. The minimum absolute atomic E-state index is 0.0684. The number of methoxy groups -OCH3 is 1. The highest BCUT2D eigenvalue weighted by molar-refractivity contribution is 5.97. The van der Waals surface area contributed by atoms with E-state index in [4.69, 9.17) is 9.26 Å². The van der Waals surface area contributed by atoms with Gasteiger partial charge in [0.2, 0.25) is 0 Å². The number of carbonyl (C=O) groups is 1. The SMILES string of the molecule is CCCN1CC(N2CCC(c3noc4cc(F)ccc34)CC2)C(OC)c2c(c(C)cn2C)C1=O. The minimum Gasteiger partial charge on any atom is -0.373 e. The van der Waals surface area contributed by atoms with Crippen molar-refractivity contribution >= 4 is 16.9 Å². The molecule has 7 nitrogen and oxygen atoms in total. The predicted molar refractivity (Wildman–Crippen MR) is 127 cm³/mol. The Bertz CT molecular complexity index is 1190. The number of benzene rings is 1. The second-order valence-electron chi connectivity index (χ2n) is 9.68. The van der Waals surface area contributed by atoms with Gasteiger partial charge in [0, 0.05) is 50.8 Å². The number of halogens is 1. The summed E-state index contributed by atoms with van der Waals surface area (Å²) >= 11 is 0. The molecule has 2 unspecified atom stereocenters. The summed E-state index contributed by atoms with van der Waals surface area (Å²) in [5.74, 6) is 0.0529. The number of piperidine rings is 1. The van der Waals surface area contributed by atoms with Gasteiger partial charge in [0.15, 0.2) is 5.58 Å². The van der Waals surface area contributed by atoms with Gasteiger partial charge in [-0.1, -0.05) is 12.1 Å². The smallest absolute Gasteiger partial charge is 0.256 e. The zero-order valence-corrected chi connectivity index (χ0v) is 20.4. The van der Waals surface area contributed by atoms with Gasteiger partial charge in [-0.15, -0.1) is 0 Å². The molecule has 2 aliphatic heterocycles. The Kier molecular flexibility index (Phi) is 6.20. The van der Waals surface area contributed by atoms with Crippen LogP contribution < -0.4 is 0 Å². The van der Waals surface area contributed by atoms with Crippen LogP contribution in [-0.4, -0.2) is 64.8 Å². The van der Waals surface area contributed by atoms with E-state index in [-0.39, 0.29) is 29.8 Å². The molecule has 1 fully saturated rings. The van der Waals surface area contributed by atoms with E-state index < -0.39 is 0 Å². The molecule has 0 aliphatic carbocycles. The van der Waals surface area contributed by atoms with Crippen molar-refractivity contribution in [3.05, 3.63) is 52.7 Å². The molecule has 34 heavy (non-hydrogen) atoms. The second-order valence-corrected chi connectivity index (χ2v) is 9.68. The molecular weight excluding hydrogens is 435 g/mol. The molecule has 0 bridgehead atoms. The normalized spacial score (nSPS) is 22.4. The second kappa shape index (κ2) is 9.15. The van der Waals surface area contributed by atoms with Crippen molar-refractivity contribution in [1.82, 2.24) is 19.5 Å². The van der Waals surface area contributed by atoms with Crippen LogP contribution in [0, 0.1) is 12.7 Å². The number of carbonyl (C=O) groups excluding carboxylic acids is 1. The molecule has 4 heterocycles. The third-order valence-corrected chi connectivity index (χ3v) is 7.54. The first-order chi connectivity index (χ1) is 16.4. The van der Waals surface area contributed by atoms with Crippen LogP contribution in [-0.2, 0) is 11.8 Å². The van der Waals surface area contributed by atoms with E-state index in [1.807, 2.05) is 25.1 Å². The van der Waals surface area contributed by atoms with Crippen molar-refractivity contribution in [3.63, 3.8) is 0 Å². The molecule has 0 saturated carbocycles. The van der Waals surface area contributed by atoms with E-state index in [1.165, 1.54) is 12.1 Å². The standard InChI is InChI=1S/C26H33FN4O3/c1-5-10-31-15-20(25(33-4)24-22(26(31)32)16(2)14-29(24)3)30-11-8-17(9-12-30)23-19-7-6-18(27)13-21(19)34-28-23/h6-7,13-14,17,20,25H,5,8-12,15H2,1-4H3. The summed E-state index contributed by atoms with van der Waals surface area (Å²) in [6.45, 7) is 7.25. The van der Waals surface area contributed by atoms with Gasteiger partial charge in [-0.25, -0.2) is 4.39 Å². The van der Waals surface area contributed by atoms with Crippen LogP contribution in [0.2, 0.25) is 0 Å². The summed E-state index contributed by atoms with van der Waals surface area (Å²) in [4.78, 5) is 18.0. The highest BCUT2D eigenvalue weighted by atomic mass is 19.1. The molecule has 2 aromatic heterocycles. The van der Waals surface area contributed by atoms with E-state index >= 15 is 0 Å². The molecule has 2 atom stereocenters. The molecule has 0 radical (unpaired) electrons. The van der Waals surface area contributed by atoms with Crippen molar-refractivity contribution in [2.75, 3.05) is 33.3 Å². The largest absolute Gasteiger partial charge is 0.373 e. The lowest BCUT2D eigenvalue weighted by molar-refractivity contribution is -0.00972. The highest BCUT2D eigenvalue weighted by Crippen LogP contribution is 2.38. The Hall–Kier alpha value is -2.71. The molecular formula is C26H33FN4O3. The molecule has 1 amide bonds. The van der Waals surface area contributed by atoms with E-state index in [9.17, 15) is 9.18 Å². The van der Waals surface area contributed by atoms with Gasteiger partial charge in [-0.3, -0.25) is 9.69 Å². The average molecular weight is 469 g/mol. The van der Waals surface area contributed by atoms with Crippen molar-refractivity contribution < 1.29 is 18.4 Å². The Morgan fingerprint density at radius 3 is 2.74 bits per heavy atom. The van der Waals surface area contributed by atoms with Gasteiger partial charge < -0.3 is 18.7 Å². The van der Waals surface area contributed by atoms with E-state index in [1.54, 1.807) is 13.2 Å². The number of hydrogen-bond donors (Lipinski definition) is 0. The van der Waals surface area contributed by atoms with Gasteiger partial charge in [0.1, 0.15) is 11.9 Å². The fraction of sp³-hybridized carbons (Fsp3) is 0.538. The van der Waals surface area contributed by atoms with Gasteiger partial charge in [0.05, 0.1) is 23.0 Å². The lowest BCUT2D eigenvalue weighted by Gasteiger charge is -2.41. The van der Waals surface area contributed by atoms with E-state index in [2.05, 4.69) is 21.5 Å². The van der Waals surface area contributed by atoms with Gasteiger partial charge in [-0.2, -0.15) is 0 Å². The van der Waals surface area contributed by atoms with Crippen LogP contribution in [0.3, 0.4) is 0 Å². The Labute approximate surface area is 199 Å². The molecule has 182 valence electrons. The number of hydrogen-bond acceptors (Lipinski definition) is 5. The first-order valence-corrected chi connectivity index (χ1v) is 12.2. The van der Waals surface area contributed by atoms with Crippen molar-refractivity contribution in [1.29, 1.82) is 0 Å². The average Bonchev–Trinajstić information content (AvgIpc) is 3.33. The molecule has 3 aromatic rings. The summed E-state index contributed by atoms with van der Waals surface area (Å²) in [6.07, 6.45) is 4.61. The Balaban J connectivity index is 1.41. The van der Waals surface area contributed by atoms with Crippen LogP contribution in [0.4, 0.5) is 4.39 Å². The molecule has 1 aromatic carbocycles. The first-order valence-electron chi connectivity index (χ1n) is 12.2. The highest BCUT2D eigenvalue weighted by Gasteiger charge is 2.41. The Morgan fingerprint density at radius 2 is 2.03 bits per heavy atom. The maximum Gasteiger partial charge on any atom is 0.256 e. The summed E-state index contributed by atoms with van der Waals surface area (Å²) in [7, 11) is 3.75. The molecule has 5 rings (SSSR count). The quantitative estimate of drug-likeness (QED) is 0.555. The van der Waals surface area contributed by atoms with Gasteiger partial charge in [-0.05, 0) is 57.0 Å². The number of likely N-dealkylation sites (tertiary alicyclic amines) is 1. The zero-order valence-electron chi connectivity index (χ0n) is 20.4. The molecule has 0 spiro atoms. The summed E-state index contributed by atoms with van der Waals surface area (Å²) < 4.78 is 27.1. The fourth-order valence-corrected chi connectivity index (χ4v) is 5.94. The van der Waals surface area contributed by atoms with Crippen LogP contribution in [0.15, 0.2) is 28.9 Å². The number of nitrogens with zero attached hydrogens (tertiary/aromatic N) is 4. The fourth-order valence-electron chi connectivity index (χ4n) is 5.94. The van der Waals surface area contributed by atoms with E-state index in [0.717, 1.165) is 66.8 Å². The van der Waals surface area contributed by atoms with Gasteiger partial charge >= 0.3 is 0 Å². The Morgan fingerprint density at radius 1 is 1.26 bits per heavy atom. The maximum atomic E-state index is 13.6. The molecule has 0 N–H and O–H groups in total. The topological polar surface area (TPSA) is 63.7 Å². The van der Waals surface area contributed by atoms with Crippen LogP contribution >= 0.6 is 0 Å². The number of rotatable bonds is 5. The molecule has 8 heteroatoms. The van der Waals surface area contributed by atoms with Crippen molar-refractivity contribution in [2.45, 2.75) is 51.2 Å². The summed E-state index contributed by atoms with van der Waals surface area (Å²) in [5.41, 5.74) is 4.18. The van der Waals surface area contributed by atoms with Crippen LogP contribution in [0.1, 0.15) is 65.5 Å². The van der Waals surface area contributed by atoms with Crippen molar-refractivity contribution in [3.8, 4) is 0 Å². The maximum absolute atomic E-state index is 13.6.